The quantitative estimate of drug-likeness (QED) is 0.676. The molecule has 0 atom stereocenters. The molecular weight excluding hydrogens is 364 g/mol. The summed E-state index contributed by atoms with van der Waals surface area (Å²) >= 11 is 0. The maximum Gasteiger partial charge on any atom is 0.256 e. The molecule has 0 unspecified atom stereocenters. The molecule has 0 saturated heterocycles. The number of hydrogen-bond acceptors (Lipinski definition) is 3. The van der Waals surface area contributed by atoms with Gasteiger partial charge in [0.25, 0.3) is 5.91 Å². The lowest BCUT2D eigenvalue weighted by Gasteiger charge is -2.20. The van der Waals surface area contributed by atoms with E-state index < -0.39 is 0 Å². The average molecular weight is 386 g/mol. The molecule has 0 aromatic heterocycles. The highest BCUT2D eigenvalue weighted by molar-refractivity contribution is 6.10. The second-order valence-corrected chi connectivity index (χ2v) is 7.07. The molecule has 2 amide bonds. The Balaban J connectivity index is 1.70. The number of carbonyl (C=O) groups excluding carboxylic acids is 2. The predicted octanol–water partition coefficient (Wildman–Crippen LogP) is 4.81. The lowest BCUT2D eigenvalue weighted by molar-refractivity contribution is -0.116. The second-order valence-electron chi connectivity index (χ2n) is 7.07. The van der Waals surface area contributed by atoms with Crippen LogP contribution in [0.4, 0.5) is 11.4 Å². The highest BCUT2D eigenvalue weighted by atomic mass is 16.5. The van der Waals surface area contributed by atoms with Crippen molar-refractivity contribution in [3.8, 4) is 16.9 Å². The van der Waals surface area contributed by atoms with E-state index in [9.17, 15) is 9.59 Å². The molecule has 146 valence electrons. The third kappa shape index (κ3) is 3.72. The predicted molar refractivity (Wildman–Crippen MR) is 115 cm³/mol. The number of methoxy groups -OCH3 is 1. The SMILES string of the molecule is COc1cc2c(cc1NC(=O)c1ccccc1-c1ccccc1C)NC(=O)CC2. The van der Waals surface area contributed by atoms with Crippen LogP contribution in [0.3, 0.4) is 0 Å². The molecule has 5 heteroatoms. The summed E-state index contributed by atoms with van der Waals surface area (Å²) in [7, 11) is 1.57. The van der Waals surface area contributed by atoms with Crippen molar-refractivity contribution >= 4 is 23.2 Å². The van der Waals surface area contributed by atoms with Crippen LogP contribution in [0.25, 0.3) is 11.1 Å². The van der Waals surface area contributed by atoms with Gasteiger partial charge in [-0.2, -0.15) is 0 Å². The topological polar surface area (TPSA) is 67.4 Å². The molecule has 4 rings (SSSR count). The molecule has 0 bridgehead atoms. The van der Waals surface area contributed by atoms with Crippen molar-refractivity contribution in [1.82, 2.24) is 0 Å². The minimum atomic E-state index is -0.232. The molecule has 29 heavy (non-hydrogen) atoms. The van der Waals surface area contributed by atoms with Crippen LogP contribution < -0.4 is 15.4 Å². The van der Waals surface area contributed by atoms with Crippen molar-refractivity contribution in [1.29, 1.82) is 0 Å². The molecule has 0 fully saturated rings. The van der Waals surface area contributed by atoms with E-state index in [1.165, 1.54) is 0 Å². The average Bonchev–Trinajstić information content (AvgIpc) is 2.73. The minimum Gasteiger partial charge on any atom is -0.495 e. The van der Waals surface area contributed by atoms with Gasteiger partial charge < -0.3 is 15.4 Å². The second kappa shape index (κ2) is 7.80. The summed E-state index contributed by atoms with van der Waals surface area (Å²) in [6.45, 7) is 2.03. The molecular formula is C24H22N2O3. The lowest BCUT2D eigenvalue weighted by Crippen LogP contribution is -2.20. The van der Waals surface area contributed by atoms with Gasteiger partial charge in [-0.25, -0.2) is 0 Å². The number of nitrogens with one attached hydrogen (secondary N) is 2. The Kier molecular flexibility index (Phi) is 5.04. The summed E-state index contributed by atoms with van der Waals surface area (Å²) in [5, 5.41) is 5.82. The first-order valence-corrected chi connectivity index (χ1v) is 9.54. The van der Waals surface area contributed by atoms with E-state index in [0.29, 0.717) is 35.5 Å². The summed E-state index contributed by atoms with van der Waals surface area (Å²) in [6.07, 6.45) is 1.10. The molecule has 3 aromatic carbocycles. The van der Waals surface area contributed by atoms with Gasteiger partial charge in [0.05, 0.1) is 12.8 Å². The van der Waals surface area contributed by atoms with Crippen molar-refractivity contribution in [3.05, 3.63) is 77.4 Å². The largest absolute Gasteiger partial charge is 0.495 e. The number of anilines is 2. The van der Waals surface area contributed by atoms with Crippen LogP contribution in [0.2, 0.25) is 0 Å². The molecule has 0 aliphatic carbocycles. The molecule has 1 aliphatic rings. The third-order valence-corrected chi connectivity index (χ3v) is 5.18. The van der Waals surface area contributed by atoms with E-state index >= 15 is 0 Å². The van der Waals surface area contributed by atoms with Crippen molar-refractivity contribution in [2.24, 2.45) is 0 Å². The van der Waals surface area contributed by atoms with Crippen molar-refractivity contribution in [2.45, 2.75) is 19.8 Å². The van der Waals surface area contributed by atoms with Gasteiger partial charge in [-0.05, 0) is 53.8 Å². The smallest absolute Gasteiger partial charge is 0.256 e. The number of amides is 2. The first-order chi connectivity index (χ1) is 14.1. The van der Waals surface area contributed by atoms with Crippen molar-refractivity contribution < 1.29 is 14.3 Å². The Labute approximate surface area is 169 Å². The zero-order valence-corrected chi connectivity index (χ0v) is 16.4. The number of benzene rings is 3. The third-order valence-electron chi connectivity index (χ3n) is 5.18. The highest BCUT2D eigenvalue weighted by Gasteiger charge is 2.20. The summed E-state index contributed by atoms with van der Waals surface area (Å²) in [6, 6.07) is 19.1. The maximum atomic E-state index is 13.2. The van der Waals surface area contributed by atoms with Gasteiger partial charge in [0.1, 0.15) is 5.75 Å². The molecule has 2 N–H and O–H groups in total. The standard InChI is InChI=1S/C24H22N2O3/c1-15-7-3-4-8-17(15)18-9-5-6-10-19(18)24(28)26-21-14-20-16(13-22(21)29-2)11-12-23(27)25-20/h3-10,13-14H,11-12H2,1-2H3,(H,25,27)(H,26,28). The van der Waals surface area contributed by atoms with Crippen molar-refractivity contribution in [2.75, 3.05) is 17.7 Å². The Hall–Kier alpha value is -3.60. The zero-order valence-electron chi connectivity index (χ0n) is 16.4. The van der Waals surface area contributed by atoms with Gasteiger partial charge >= 0.3 is 0 Å². The lowest BCUT2D eigenvalue weighted by atomic mass is 9.95. The number of hydrogen-bond donors (Lipinski definition) is 2. The number of aryl methyl sites for hydroxylation is 2. The van der Waals surface area contributed by atoms with Gasteiger partial charge in [0, 0.05) is 17.7 Å². The van der Waals surface area contributed by atoms with Crippen LogP contribution in [0.5, 0.6) is 5.75 Å². The molecule has 3 aromatic rings. The van der Waals surface area contributed by atoms with Crippen LogP contribution in [-0.4, -0.2) is 18.9 Å². The van der Waals surface area contributed by atoms with Crippen LogP contribution in [0.15, 0.2) is 60.7 Å². The fourth-order valence-corrected chi connectivity index (χ4v) is 3.65. The zero-order chi connectivity index (χ0) is 20.4. The van der Waals surface area contributed by atoms with E-state index in [1.807, 2.05) is 61.5 Å². The first kappa shape index (κ1) is 18.7. The molecule has 0 spiro atoms. The van der Waals surface area contributed by atoms with E-state index in [2.05, 4.69) is 10.6 Å². The van der Waals surface area contributed by atoms with Crippen LogP contribution in [0.1, 0.15) is 27.9 Å². The van der Waals surface area contributed by atoms with Gasteiger partial charge in [0.15, 0.2) is 0 Å². The fourth-order valence-electron chi connectivity index (χ4n) is 3.65. The first-order valence-electron chi connectivity index (χ1n) is 9.54. The molecule has 1 heterocycles. The minimum absolute atomic E-state index is 0.0233. The number of ether oxygens (including phenoxy) is 1. The summed E-state index contributed by atoms with van der Waals surface area (Å²) in [4.78, 5) is 24.9. The van der Waals surface area contributed by atoms with Crippen LogP contribution >= 0.6 is 0 Å². The van der Waals surface area contributed by atoms with E-state index in [4.69, 9.17) is 4.74 Å². The normalized spacial score (nSPS) is 12.7. The van der Waals surface area contributed by atoms with E-state index in [0.717, 1.165) is 22.3 Å². The summed E-state index contributed by atoms with van der Waals surface area (Å²) in [5.74, 6) is 0.315. The maximum absolute atomic E-state index is 13.2. The fraction of sp³-hybridized carbons (Fsp3) is 0.167. The number of carbonyl (C=O) groups is 2. The monoisotopic (exact) mass is 386 g/mol. The molecule has 5 nitrogen and oxygen atoms in total. The summed E-state index contributed by atoms with van der Waals surface area (Å²) in [5.41, 5.74) is 5.80. The van der Waals surface area contributed by atoms with E-state index in [1.54, 1.807) is 13.2 Å². The Morgan fingerprint density at radius 1 is 1.00 bits per heavy atom. The molecule has 1 aliphatic heterocycles. The van der Waals surface area contributed by atoms with Gasteiger partial charge in [0.2, 0.25) is 5.91 Å². The molecule has 0 radical (unpaired) electrons. The van der Waals surface area contributed by atoms with Crippen LogP contribution in [-0.2, 0) is 11.2 Å². The molecule has 0 saturated carbocycles. The number of rotatable bonds is 4. The van der Waals surface area contributed by atoms with E-state index in [-0.39, 0.29) is 11.8 Å². The van der Waals surface area contributed by atoms with Gasteiger partial charge in [-0.15, -0.1) is 0 Å². The summed E-state index contributed by atoms with van der Waals surface area (Å²) < 4.78 is 5.48. The Morgan fingerprint density at radius 2 is 1.72 bits per heavy atom. The highest BCUT2D eigenvalue weighted by Crippen LogP contribution is 2.35. The van der Waals surface area contributed by atoms with Crippen LogP contribution in [0, 0.1) is 6.92 Å². The number of fused-ring (bicyclic) bond motifs is 1. The van der Waals surface area contributed by atoms with Crippen molar-refractivity contribution in [3.63, 3.8) is 0 Å². The van der Waals surface area contributed by atoms with Gasteiger partial charge in [-0.3, -0.25) is 9.59 Å². The Morgan fingerprint density at radius 3 is 2.48 bits per heavy atom. The Bertz CT molecular complexity index is 1110. The van der Waals surface area contributed by atoms with Gasteiger partial charge in [-0.1, -0.05) is 42.5 Å².